The van der Waals surface area contributed by atoms with Crippen molar-refractivity contribution < 1.29 is 14.7 Å². The zero-order chi connectivity index (χ0) is 14.8. The molecular weight excluding hydrogens is 266 g/mol. The normalized spacial score (nSPS) is 12.9. The van der Waals surface area contributed by atoms with Gasteiger partial charge in [0.05, 0.1) is 10.7 Å². The number of carboxylic acid groups (broad SMARTS) is 1. The third-order valence-corrected chi connectivity index (χ3v) is 3.07. The molecule has 1 atom stereocenters. The summed E-state index contributed by atoms with van der Waals surface area (Å²) in [6, 6.07) is 5.18. The highest BCUT2D eigenvalue weighted by Gasteiger charge is 2.37. The van der Waals surface area contributed by atoms with Gasteiger partial charge in [-0.2, -0.15) is 0 Å². The van der Waals surface area contributed by atoms with Crippen molar-refractivity contribution in [1.29, 1.82) is 0 Å². The Balaban J connectivity index is 2.97. The SMILES string of the molecule is Cc1ccc(NC(=O)C(C(=O)O)C(C)(C)C)c(Cl)c1. The lowest BCUT2D eigenvalue weighted by Gasteiger charge is -2.26. The number of hydrogen-bond donors (Lipinski definition) is 2. The predicted molar refractivity (Wildman–Crippen MR) is 75.4 cm³/mol. The summed E-state index contributed by atoms with van der Waals surface area (Å²) in [5, 5.41) is 12.1. The van der Waals surface area contributed by atoms with Crippen LogP contribution in [0.5, 0.6) is 0 Å². The molecule has 0 heterocycles. The highest BCUT2D eigenvalue weighted by molar-refractivity contribution is 6.33. The fourth-order valence-electron chi connectivity index (χ4n) is 1.80. The predicted octanol–water partition coefficient (Wildman–Crippen LogP) is 3.33. The van der Waals surface area contributed by atoms with Crippen LogP contribution in [-0.2, 0) is 9.59 Å². The number of aryl methyl sites for hydroxylation is 1. The molecule has 0 bridgehead atoms. The maximum atomic E-state index is 12.1. The van der Waals surface area contributed by atoms with Crippen LogP contribution in [0.15, 0.2) is 18.2 Å². The van der Waals surface area contributed by atoms with E-state index in [9.17, 15) is 14.7 Å². The maximum absolute atomic E-state index is 12.1. The third kappa shape index (κ3) is 3.96. The average molecular weight is 284 g/mol. The number of rotatable bonds is 3. The number of nitrogens with one attached hydrogen (secondary N) is 1. The van der Waals surface area contributed by atoms with Gasteiger partial charge in [0.15, 0.2) is 0 Å². The quantitative estimate of drug-likeness (QED) is 0.836. The summed E-state index contributed by atoms with van der Waals surface area (Å²) >= 11 is 6.01. The molecule has 2 N–H and O–H groups in total. The highest BCUT2D eigenvalue weighted by atomic mass is 35.5. The van der Waals surface area contributed by atoms with Gasteiger partial charge in [0.1, 0.15) is 5.92 Å². The number of anilines is 1. The second kappa shape index (κ2) is 5.61. The van der Waals surface area contributed by atoms with E-state index in [1.54, 1.807) is 39.0 Å². The van der Waals surface area contributed by atoms with Crippen molar-refractivity contribution in [3.8, 4) is 0 Å². The van der Waals surface area contributed by atoms with Crippen LogP contribution in [0.4, 0.5) is 5.69 Å². The topological polar surface area (TPSA) is 66.4 Å². The Morgan fingerprint density at radius 2 is 1.89 bits per heavy atom. The molecule has 1 aromatic rings. The molecule has 0 aliphatic carbocycles. The molecule has 0 aliphatic heterocycles. The van der Waals surface area contributed by atoms with Crippen molar-refractivity contribution in [2.24, 2.45) is 11.3 Å². The van der Waals surface area contributed by atoms with Crippen LogP contribution in [0.25, 0.3) is 0 Å². The van der Waals surface area contributed by atoms with Crippen LogP contribution in [-0.4, -0.2) is 17.0 Å². The van der Waals surface area contributed by atoms with E-state index in [2.05, 4.69) is 5.32 Å². The molecule has 4 nitrogen and oxygen atoms in total. The fourth-order valence-corrected chi connectivity index (χ4v) is 2.08. The van der Waals surface area contributed by atoms with E-state index in [1.165, 1.54) is 0 Å². The molecule has 0 radical (unpaired) electrons. The molecule has 0 saturated heterocycles. The Morgan fingerprint density at radius 1 is 1.32 bits per heavy atom. The molecular formula is C14H18ClNO3. The van der Waals surface area contributed by atoms with Gasteiger partial charge in [-0.05, 0) is 30.0 Å². The minimum Gasteiger partial charge on any atom is -0.481 e. The summed E-state index contributed by atoms with van der Waals surface area (Å²) in [5.74, 6) is -2.84. The van der Waals surface area contributed by atoms with Gasteiger partial charge in [0.25, 0.3) is 0 Å². The second-order valence-corrected chi connectivity index (χ2v) is 6.02. The van der Waals surface area contributed by atoms with Crippen molar-refractivity contribution >= 4 is 29.2 Å². The minimum atomic E-state index is -1.15. The van der Waals surface area contributed by atoms with Gasteiger partial charge in [0.2, 0.25) is 5.91 Å². The lowest BCUT2D eigenvalue weighted by Crippen LogP contribution is -2.39. The monoisotopic (exact) mass is 283 g/mol. The lowest BCUT2D eigenvalue weighted by molar-refractivity contribution is -0.149. The first-order chi connectivity index (χ1) is 8.62. The summed E-state index contributed by atoms with van der Waals surface area (Å²) in [4.78, 5) is 23.3. The second-order valence-electron chi connectivity index (χ2n) is 5.61. The summed E-state index contributed by atoms with van der Waals surface area (Å²) in [6.45, 7) is 7.01. The number of carbonyl (C=O) groups excluding carboxylic acids is 1. The van der Waals surface area contributed by atoms with E-state index in [-0.39, 0.29) is 0 Å². The molecule has 0 saturated carbocycles. The average Bonchev–Trinajstić information content (AvgIpc) is 2.19. The Hall–Kier alpha value is -1.55. The van der Waals surface area contributed by atoms with Crippen molar-refractivity contribution in [2.45, 2.75) is 27.7 Å². The molecule has 1 rings (SSSR count). The van der Waals surface area contributed by atoms with Gasteiger partial charge in [-0.1, -0.05) is 38.4 Å². The zero-order valence-electron chi connectivity index (χ0n) is 11.5. The number of benzene rings is 1. The van der Waals surface area contributed by atoms with Crippen molar-refractivity contribution in [3.05, 3.63) is 28.8 Å². The molecule has 5 heteroatoms. The van der Waals surface area contributed by atoms with E-state index in [0.717, 1.165) is 5.56 Å². The summed E-state index contributed by atoms with van der Waals surface area (Å²) < 4.78 is 0. The van der Waals surface area contributed by atoms with E-state index in [4.69, 9.17) is 11.6 Å². The van der Waals surface area contributed by atoms with E-state index in [0.29, 0.717) is 10.7 Å². The van der Waals surface area contributed by atoms with Crippen LogP contribution >= 0.6 is 11.6 Å². The first-order valence-corrected chi connectivity index (χ1v) is 6.30. The molecule has 0 aromatic heterocycles. The van der Waals surface area contributed by atoms with Crippen LogP contribution < -0.4 is 5.32 Å². The van der Waals surface area contributed by atoms with Gasteiger partial charge < -0.3 is 10.4 Å². The number of amides is 1. The van der Waals surface area contributed by atoms with Crippen LogP contribution in [0.3, 0.4) is 0 Å². The maximum Gasteiger partial charge on any atom is 0.316 e. The van der Waals surface area contributed by atoms with E-state index >= 15 is 0 Å². The standard InChI is InChI=1S/C14H18ClNO3/c1-8-5-6-10(9(15)7-8)16-12(17)11(13(18)19)14(2,3)4/h5-7,11H,1-4H3,(H,16,17)(H,18,19). The molecule has 0 spiro atoms. The van der Waals surface area contributed by atoms with Gasteiger partial charge in [0, 0.05) is 0 Å². The molecule has 0 aliphatic rings. The molecule has 1 aromatic carbocycles. The molecule has 1 amide bonds. The first kappa shape index (κ1) is 15.5. The minimum absolute atomic E-state index is 0.395. The zero-order valence-corrected chi connectivity index (χ0v) is 12.2. The van der Waals surface area contributed by atoms with Gasteiger partial charge >= 0.3 is 5.97 Å². The van der Waals surface area contributed by atoms with Gasteiger partial charge in [-0.25, -0.2) is 0 Å². The smallest absolute Gasteiger partial charge is 0.316 e. The molecule has 104 valence electrons. The Bertz CT molecular complexity index is 506. The first-order valence-electron chi connectivity index (χ1n) is 5.92. The summed E-state index contributed by atoms with van der Waals surface area (Å²) in [6.07, 6.45) is 0. The number of carboxylic acids is 1. The van der Waals surface area contributed by atoms with Crippen molar-refractivity contribution in [1.82, 2.24) is 0 Å². The van der Waals surface area contributed by atoms with Crippen LogP contribution in [0.2, 0.25) is 5.02 Å². The van der Waals surface area contributed by atoms with Crippen LogP contribution in [0, 0.1) is 18.3 Å². The number of aliphatic carboxylic acids is 1. The Kier molecular flexibility index (Phi) is 4.58. The van der Waals surface area contributed by atoms with E-state index in [1.807, 2.05) is 6.92 Å². The van der Waals surface area contributed by atoms with Crippen molar-refractivity contribution in [3.63, 3.8) is 0 Å². The molecule has 1 unspecified atom stereocenters. The summed E-state index contributed by atoms with van der Waals surface area (Å²) in [7, 11) is 0. The number of halogens is 1. The van der Waals surface area contributed by atoms with E-state index < -0.39 is 23.2 Å². The van der Waals surface area contributed by atoms with Crippen molar-refractivity contribution in [2.75, 3.05) is 5.32 Å². The van der Waals surface area contributed by atoms with Crippen LogP contribution in [0.1, 0.15) is 26.3 Å². The molecule has 0 fully saturated rings. The Labute approximate surface area is 117 Å². The van der Waals surface area contributed by atoms with Gasteiger partial charge in [-0.15, -0.1) is 0 Å². The third-order valence-electron chi connectivity index (χ3n) is 2.76. The number of hydrogen-bond acceptors (Lipinski definition) is 2. The Morgan fingerprint density at radius 3 is 2.32 bits per heavy atom. The number of carbonyl (C=O) groups is 2. The highest BCUT2D eigenvalue weighted by Crippen LogP contribution is 2.29. The fraction of sp³-hybridized carbons (Fsp3) is 0.429. The summed E-state index contributed by atoms with van der Waals surface area (Å²) in [5.41, 5.74) is 0.717. The molecule has 19 heavy (non-hydrogen) atoms. The largest absolute Gasteiger partial charge is 0.481 e. The lowest BCUT2D eigenvalue weighted by atomic mass is 9.80. The van der Waals surface area contributed by atoms with Gasteiger partial charge in [-0.3, -0.25) is 9.59 Å².